The van der Waals surface area contributed by atoms with Crippen LogP contribution in [0.25, 0.3) is 0 Å². The van der Waals surface area contributed by atoms with Gasteiger partial charge in [0.15, 0.2) is 0 Å². The molecular weight excluding hydrogens is 218 g/mol. The molecule has 4 heteroatoms. The molecule has 4 nitrogen and oxygen atoms in total. The molecule has 1 atom stereocenters. The van der Waals surface area contributed by atoms with Gasteiger partial charge in [-0.25, -0.2) is 0 Å². The number of ether oxygens (including phenoxy) is 2. The number of rotatable bonds is 8. The van der Waals surface area contributed by atoms with E-state index < -0.39 is 5.41 Å². The van der Waals surface area contributed by atoms with Gasteiger partial charge < -0.3 is 15.2 Å². The second kappa shape index (κ2) is 7.67. The third-order valence-electron chi connectivity index (χ3n) is 3.15. The molecule has 0 bridgehead atoms. The van der Waals surface area contributed by atoms with Crippen molar-refractivity contribution in [1.29, 1.82) is 0 Å². The summed E-state index contributed by atoms with van der Waals surface area (Å²) in [6.45, 7) is 11.0. The highest BCUT2D eigenvalue weighted by atomic mass is 16.5. The lowest BCUT2D eigenvalue weighted by Crippen LogP contribution is -2.45. The lowest BCUT2D eigenvalue weighted by Gasteiger charge is -2.34. The molecule has 0 aliphatic heterocycles. The molecule has 0 spiro atoms. The molecule has 1 unspecified atom stereocenters. The summed E-state index contributed by atoms with van der Waals surface area (Å²) in [6.07, 6.45) is 0.776. The van der Waals surface area contributed by atoms with Crippen LogP contribution in [0.3, 0.4) is 0 Å². The predicted octanol–water partition coefficient (Wildman–Crippen LogP) is 1.97. The average Bonchev–Trinajstić information content (AvgIpc) is 2.24. The summed E-state index contributed by atoms with van der Waals surface area (Å²) >= 11 is 0. The van der Waals surface area contributed by atoms with Crippen molar-refractivity contribution < 1.29 is 14.3 Å². The Morgan fingerprint density at radius 2 is 1.88 bits per heavy atom. The molecule has 0 aromatic heterocycles. The molecule has 0 saturated carbocycles. The first-order valence-corrected chi connectivity index (χ1v) is 6.39. The van der Waals surface area contributed by atoms with E-state index in [0.29, 0.717) is 26.2 Å². The van der Waals surface area contributed by atoms with E-state index in [0.717, 1.165) is 0 Å². The molecule has 17 heavy (non-hydrogen) atoms. The van der Waals surface area contributed by atoms with Crippen LogP contribution in [0.5, 0.6) is 0 Å². The summed E-state index contributed by atoms with van der Waals surface area (Å²) < 4.78 is 10.7. The Balaban J connectivity index is 4.65. The monoisotopic (exact) mass is 245 g/mol. The number of carbonyl (C=O) groups excluding carboxylic acids is 1. The van der Waals surface area contributed by atoms with Gasteiger partial charge in [-0.3, -0.25) is 4.79 Å². The van der Waals surface area contributed by atoms with Crippen molar-refractivity contribution in [3.63, 3.8) is 0 Å². The lowest BCUT2D eigenvalue weighted by molar-refractivity contribution is -0.159. The first kappa shape index (κ1) is 16.4. The van der Waals surface area contributed by atoms with Gasteiger partial charge in [-0.1, -0.05) is 13.8 Å². The minimum atomic E-state index is -0.620. The molecule has 0 saturated heterocycles. The zero-order valence-corrected chi connectivity index (χ0v) is 11.8. The molecule has 0 rings (SSSR count). The van der Waals surface area contributed by atoms with E-state index in [1.54, 1.807) is 0 Å². The van der Waals surface area contributed by atoms with Crippen molar-refractivity contribution in [3.8, 4) is 0 Å². The predicted molar refractivity (Wildman–Crippen MR) is 68.7 cm³/mol. The number of nitrogens with two attached hydrogens (primary N) is 1. The largest absolute Gasteiger partial charge is 0.466 e. The highest BCUT2D eigenvalue weighted by Gasteiger charge is 2.41. The van der Waals surface area contributed by atoms with Crippen molar-refractivity contribution >= 4 is 5.97 Å². The molecule has 0 amide bonds. The fourth-order valence-corrected chi connectivity index (χ4v) is 1.80. The Bertz CT molecular complexity index is 229. The molecule has 0 heterocycles. The van der Waals surface area contributed by atoms with Crippen LogP contribution in [0.2, 0.25) is 0 Å². The minimum Gasteiger partial charge on any atom is -0.466 e. The van der Waals surface area contributed by atoms with Crippen molar-refractivity contribution in [1.82, 2.24) is 0 Å². The van der Waals surface area contributed by atoms with Crippen LogP contribution in [0.1, 0.15) is 41.0 Å². The van der Waals surface area contributed by atoms with E-state index >= 15 is 0 Å². The van der Waals surface area contributed by atoms with E-state index in [9.17, 15) is 4.79 Å². The van der Waals surface area contributed by atoms with Gasteiger partial charge in [0, 0.05) is 13.2 Å². The Hall–Kier alpha value is -0.610. The molecule has 0 aliphatic rings. The molecule has 102 valence electrons. The molecule has 2 N–H and O–H groups in total. The van der Waals surface area contributed by atoms with Crippen LogP contribution >= 0.6 is 0 Å². The van der Waals surface area contributed by atoms with Crippen molar-refractivity contribution in [2.75, 3.05) is 19.8 Å². The summed E-state index contributed by atoms with van der Waals surface area (Å²) in [7, 11) is 0. The fraction of sp³-hybridized carbons (Fsp3) is 0.923. The zero-order chi connectivity index (χ0) is 13.5. The Morgan fingerprint density at radius 1 is 1.29 bits per heavy atom. The Kier molecular flexibility index (Phi) is 7.39. The summed E-state index contributed by atoms with van der Waals surface area (Å²) in [5, 5.41) is 0. The van der Waals surface area contributed by atoms with Crippen LogP contribution in [0.4, 0.5) is 0 Å². The van der Waals surface area contributed by atoms with Gasteiger partial charge in [0.2, 0.25) is 0 Å². The molecule has 0 radical (unpaired) electrons. The zero-order valence-electron chi connectivity index (χ0n) is 11.8. The lowest BCUT2D eigenvalue weighted by atomic mass is 9.74. The van der Waals surface area contributed by atoms with Gasteiger partial charge in [0.05, 0.1) is 18.1 Å². The highest BCUT2D eigenvalue weighted by molar-refractivity contribution is 5.77. The standard InChI is InChI=1S/C13H27NO3/c1-6-16-12(15)13(9-14,10(2)3)7-8-17-11(4)5/h10-11H,6-9,14H2,1-5H3. The van der Waals surface area contributed by atoms with E-state index in [-0.39, 0.29) is 18.0 Å². The average molecular weight is 245 g/mol. The molecular formula is C13H27NO3. The second-order valence-electron chi connectivity index (χ2n) is 4.90. The quantitative estimate of drug-likeness (QED) is 0.664. The number of esters is 1. The van der Waals surface area contributed by atoms with Crippen LogP contribution in [-0.2, 0) is 14.3 Å². The first-order chi connectivity index (χ1) is 7.90. The van der Waals surface area contributed by atoms with Gasteiger partial charge >= 0.3 is 5.97 Å². The molecule has 0 aromatic rings. The summed E-state index contributed by atoms with van der Waals surface area (Å²) in [5.41, 5.74) is 5.18. The Labute approximate surface area is 105 Å². The molecule has 0 aromatic carbocycles. The minimum absolute atomic E-state index is 0.141. The van der Waals surface area contributed by atoms with E-state index in [2.05, 4.69) is 0 Å². The summed E-state index contributed by atoms with van der Waals surface area (Å²) in [5.74, 6) is -0.0628. The normalized spacial score (nSPS) is 15.1. The third kappa shape index (κ3) is 4.64. The van der Waals surface area contributed by atoms with Gasteiger partial charge in [0.1, 0.15) is 0 Å². The fourth-order valence-electron chi connectivity index (χ4n) is 1.80. The van der Waals surface area contributed by atoms with Crippen molar-refractivity contribution in [2.45, 2.75) is 47.1 Å². The van der Waals surface area contributed by atoms with Gasteiger partial charge in [-0.15, -0.1) is 0 Å². The summed E-state index contributed by atoms with van der Waals surface area (Å²) in [6, 6.07) is 0. The topological polar surface area (TPSA) is 61.5 Å². The maximum Gasteiger partial charge on any atom is 0.313 e. The van der Waals surface area contributed by atoms with E-state index in [4.69, 9.17) is 15.2 Å². The highest BCUT2D eigenvalue weighted by Crippen LogP contribution is 2.32. The van der Waals surface area contributed by atoms with Crippen LogP contribution in [0, 0.1) is 11.3 Å². The van der Waals surface area contributed by atoms with Gasteiger partial charge in [-0.2, -0.15) is 0 Å². The summed E-state index contributed by atoms with van der Waals surface area (Å²) in [4.78, 5) is 12.1. The maximum absolute atomic E-state index is 12.1. The van der Waals surface area contributed by atoms with Gasteiger partial charge in [-0.05, 0) is 33.1 Å². The SMILES string of the molecule is CCOC(=O)C(CN)(CCOC(C)C)C(C)C. The second-order valence-corrected chi connectivity index (χ2v) is 4.90. The third-order valence-corrected chi connectivity index (χ3v) is 3.15. The first-order valence-electron chi connectivity index (χ1n) is 6.39. The molecule has 0 aliphatic carbocycles. The van der Waals surface area contributed by atoms with E-state index in [1.807, 2.05) is 34.6 Å². The van der Waals surface area contributed by atoms with Crippen LogP contribution < -0.4 is 5.73 Å². The number of carbonyl (C=O) groups is 1. The maximum atomic E-state index is 12.1. The van der Waals surface area contributed by atoms with Crippen molar-refractivity contribution in [2.24, 2.45) is 17.1 Å². The number of hydrogen-bond acceptors (Lipinski definition) is 4. The van der Waals surface area contributed by atoms with Crippen LogP contribution in [-0.4, -0.2) is 31.8 Å². The number of hydrogen-bond donors (Lipinski definition) is 1. The van der Waals surface area contributed by atoms with Crippen LogP contribution in [0.15, 0.2) is 0 Å². The van der Waals surface area contributed by atoms with Crippen molar-refractivity contribution in [3.05, 3.63) is 0 Å². The molecule has 0 fully saturated rings. The smallest absolute Gasteiger partial charge is 0.313 e. The van der Waals surface area contributed by atoms with Gasteiger partial charge in [0.25, 0.3) is 0 Å². The van der Waals surface area contributed by atoms with E-state index in [1.165, 1.54) is 0 Å². The Morgan fingerprint density at radius 3 is 2.24 bits per heavy atom.